The second kappa shape index (κ2) is 6.34. The molecule has 9 nitrogen and oxygen atoms in total. The third-order valence-corrected chi connectivity index (χ3v) is 5.21. The first kappa shape index (κ1) is 17.5. The Kier molecular flexibility index (Phi) is 4.11. The summed E-state index contributed by atoms with van der Waals surface area (Å²) in [5, 5.41) is 24.4. The van der Waals surface area contributed by atoms with Crippen LogP contribution < -0.4 is 15.6 Å². The molecule has 142 valence electrons. The number of carboxylic acid groups (broad SMARTS) is 1. The molecule has 1 saturated carbocycles. The standard InChI is InChI=1S/C18H20N4O5/c1-10-8-20(5-4-19-10)15-7-14-12(6-16(15)22(26)27)17(23)13(18(24)25)9-21(14)11-2-3-11/h6-7,9-11,19H,2-5,8H2,1H3,(H,24,25). The molecule has 1 unspecified atom stereocenters. The van der Waals surface area contributed by atoms with Crippen molar-refractivity contribution in [3.8, 4) is 0 Å². The van der Waals surface area contributed by atoms with Gasteiger partial charge in [0.05, 0.1) is 15.8 Å². The van der Waals surface area contributed by atoms with E-state index in [1.165, 1.54) is 12.3 Å². The van der Waals surface area contributed by atoms with Crippen LogP contribution in [0.2, 0.25) is 0 Å². The number of fused-ring (bicyclic) bond motifs is 1. The summed E-state index contributed by atoms with van der Waals surface area (Å²) in [7, 11) is 0. The van der Waals surface area contributed by atoms with Crippen LogP contribution in [0.3, 0.4) is 0 Å². The number of carboxylic acids is 1. The van der Waals surface area contributed by atoms with E-state index >= 15 is 0 Å². The molecule has 1 aliphatic carbocycles. The molecule has 2 fully saturated rings. The number of nitro groups is 1. The molecule has 1 aliphatic heterocycles. The summed E-state index contributed by atoms with van der Waals surface area (Å²) < 4.78 is 1.79. The van der Waals surface area contributed by atoms with Gasteiger partial charge in [-0.05, 0) is 25.8 Å². The first-order valence-corrected chi connectivity index (χ1v) is 8.95. The predicted octanol–water partition coefficient (Wildman–Crippen LogP) is 1.74. The quantitative estimate of drug-likeness (QED) is 0.620. The summed E-state index contributed by atoms with van der Waals surface area (Å²) in [6.07, 6.45) is 3.17. The smallest absolute Gasteiger partial charge is 0.341 e. The van der Waals surface area contributed by atoms with Crippen LogP contribution in [-0.2, 0) is 0 Å². The zero-order valence-electron chi connectivity index (χ0n) is 14.8. The van der Waals surface area contributed by atoms with Gasteiger partial charge in [-0.3, -0.25) is 14.9 Å². The Balaban J connectivity index is 1.99. The lowest BCUT2D eigenvalue weighted by Crippen LogP contribution is -2.49. The Morgan fingerprint density at radius 1 is 1.37 bits per heavy atom. The van der Waals surface area contributed by atoms with E-state index in [9.17, 15) is 24.8 Å². The van der Waals surface area contributed by atoms with E-state index in [0.717, 1.165) is 12.8 Å². The van der Waals surface area contributed by atoms with Crippen molar-refractivity contribution in [2.24, 2.45) is 0 Å². The second-order valence-electron chi connectivity index (χ2n) is 7.23. The third-order valence-electron chi connectivity index (χ3n) is 5.21. The van der Waals surface area contributed by atoms with E-state index in [-0.39, 0.29) is 28.7 Å². The summed E-state index contributed by atoms with van der Waals surface area (Å²) in [5.74, 6) is -1.32. The molecule has 1 saturated heterocycles. The Labute approximate surface area is 154 Å². The van der Waals surface area contributed by atoms with Gasteiger partial charge >= 0.3 is 5.97 Å². The maximum Gasteiger partial charge on any atom is 0.341 e. The SMILES string of the molecule is CC1CN(c2cc3c(cc2[N+](=O)[O-])c(=O)c(C(=O)O)cn3C2CC2)CCN1. The minimum atomic E-state index is -1.32. The Bertz CT molecular complexity index is 1010. The van der Waals surface area contributed by atoms with E-state index in [2.05, 4.69) is 5.32 Å². The Morgan fingerprint density at radius 3 is 2.70 bits per heavy atom. The van der Waals surface area contributed by atoms with Crippen LogP contribution >= 0.6 is 0 Å². The van der Waals surface area contributed by atoms with Gasteiger partial charge in [-0.1, -0.05) is 0 Å². The first-order chi connectivity index (χ1) is 12.9. The number of nitrogens with zero attached hydrogens (tertiary/aromatic N) is 3. The van der Waals surface area contributed by atoms with Crippen molar-refractivity contribution in [2.75, 3.05) is 24.5 Å². The van der Waals surface area contributed by atoms with Gasteiger partial charge in [-0.2, -0.15) is 0 Å². The summed E-state index contributed by atoms with van der Waals surface area (Å²) >= 11 is 0. The number of rotatable bonds is 4. The molecular weight excluding hydrogens is 352 g/mol. The normalized spacial score (nSPS) is 20.0. The lowest BCUT2D eigenvalue weighted by atomic mass is 10.1. The number of nitrogens with one attached hydrogen (secondary N) is 1. The van der Waals surface area contributed by atoms with E-state index < -0.39 is 16.3 Å². The van der Waals surface area contributed by atoms with Gasteiger partial charge in [0.2, 0.25) is 5.43 Å². The highest BCUT2D eigenvalue weighted by Crippen LogP contribution is 2.39. The summed E-state index contributed by atoms with van der Waals surface area (Å²) in [6.45, 7) is 3.97. The largest absolute Gasteiger partial charge is 0.477 e. The molecule has 0 spiro atoms. The number of carbonyl (C=O) groups is 1. The number of anilines is 1. The summed E-state index contributed by atoms with van der Waals surface area (Å²) in [6, 6.07) is 3.23. The van der Waals surface area contributed by atoms with E-state index in [4.69, 9.17) is 0 Å². The maximum absolute atomic E-state index is 12.6. The van der Waals surface area contributed by atoms with Gasteiger partial charge in [-0.15, -0.1) is 0 Å². The second-order valence-corrected chi connectivity index (χ2v) is 7.23. The van der Waals surface area contributed by atoms with Gasteiger partial charge in [-0.25, -0.2) is 4.79 Å². The highest BCUT2D eigenvalue weighted by Gasteiger charge is 2.30. The number of nitro benzene ring substituents is 1. The van der Waals surface area contributed by atoms with Gasteiger partial charge in [0.15, 0.2) is 0 Å². The number of aromatic carboxylic acids is 1. The van der Waals surface area contributed by atoms with E-state index in [1.54, 1.807) is 10.6 Å². The number of aromatic nitrogens is 1. The Hall–Kier alpha value is -2.94. The third kappa shape index (κ3) is 3.03. The molecule has 4 rings (SSSR count). The topological polar surface area (TPSA) is 118 Å². The van der Waals surface area contributed by atoms with Crippen molar-refractivity contribution in [3.63, 3.8) is 0 Å². The molecule has 9 heteroatoms. The fraction of sp³-hybridized carbons (Fsp3) is 0.444. The molecule has 2 aromatic rings. The van der Waals surface area contributed by atoms with Gasteiger partial charge in [0.1, 0.15) is 11.3 Å². The summed E-state index contributed by atoms with van der Waals surface area (Å²) in [5.41, 5.74) is -0.180. The minimum absolute atomic E-state index is 0.0837. The van der Waals surface area contributed by atoms with E-state index in [1.807, 2.05) is 11.8 Å². The first-order valence-electron chi connectivity index (χ1n) is 8.95. The molecule has 1 atom stereocenters. The lowest BCUT2D eigenvalue weighted by molar-refractivity contribution is -0.384. The van der Waals surface area contributed by atoms with Crippen LogP contribution in [0.5, 0.6) is 0 Å². The molecular formula is C18H20N4O5. The van der Waals surface area contributed by atoms with Crippen molar-refractivity contribution in [1.82, 2.24) is 9.88 Å². The van der Waals surface area contributed by atoms with Crippen molar-refractivity contribution in [2.45, 2.75) is 31.8 Å². The Morgan fingerprint density at radius 2 is 2.11 bits per heavy atom. The highest BCUT2D eigenvalue weighted by atomic mass is 16.6. The molecule has 1 aromatic carbocycles. The molecule has 2 aliphatic rings. The van der Waals surface area contributed by atoms with Crippen LogP contribution in [0.15, 0.2) is 23.1 Å². The predicted molar refractivity (Wildman–Crippen MR) is 99.8 cm³/mol. The van der Waals surface area contributed by atoms with Crippen LogP contribution in [0.4, 0.5) is 11.4 Å². The number of piperazine rings is 1. The fourth-order valence-electron chi connectivity index (χ4n) is 3.73. The van der Waals surface area contributed by atoms with Crippen molar-refractivity contribution in [1.29, 1.82) is 0 Å². The number of hydrogen-bond donors (Lipinski definition) is 2. The number of hydrogen-bond acceptors (Lipinski definition) is 6. The van der Waals surface area contributed by atoms with Crippen LogP contribution in [0.1, 0.15) is 36.2 Å². The lowest BCUT2D eigenvalue weighted by Gasteiger charge is -2.33. The highest BCUT2D eigenvalue weighted by molar-refractivity contribution is 5.95. The average molecular weight is 372 g/mol. The van der Waals surface area contributed by atoms with Gasteiger partial charge in [0, 0.05) is 44.0 Å². The van der Waals surface area contributed by atoms with Crippen molar-refractivity contribution in [3.05, 3.63) is 44.2 Å². The number of pyridine rings is 1. The molecule has 0 radical (unpaired) electrons. The van der Waals surface area contributed by atoms with Gasteiger partial charge < -0.3 is 19.9 Å². The van der Waals surface area contributed by atoms with Crippen LogP contribution in [-0.4, -0.2) is 46.2 Å². The monoisotopic (exact) mass is 372 g/mol. The van der Waals surface area contributed by atoms with Crippen molar-refractivity contribution >= 4 is 28.2 Å². The molecule has 2 heterocycles. The molecule has 0 bridgehead atoms. The maximum atomic E-state index is 12.6. The molecule has 1 aromatic heterocycles. The molecule has 0 amide bonds. The van der Waals surface area contributed by atoms with E-state index in [0.29, 0.717) is 30.8 Å². The zero-order valence-corrected chi connectivity index (χ0v) is 14.8. The zero-order chi connectivity index (χ0) is 19.3. The molecule has 27 heavy (non-hydrogen) atoms. The van der Waals surface area contributed by atoms with Gasteiger partial charge in [0.25, 0.3) is 5.69 Å². The number of benzene rings is 1. The van der Waals surface area contributed by atoms with Crippen LogP contribution in [0.25, 0.3) is 10.9 Å². The summed E-state index contributed by atoms with van der Waals surface area (Å²) in [4.78, 5) is 37.2. The molecule has 2 N–H and O–H groups in total. The minimum Gasteiger partial charge on any atom is -0.477 e. The fourth-order valence-corrected chi connectivity index (χ4v) is 3.73. The van der Waals surface area contributed by atoms with Crippen molar-refractivity contribution < 1.29 is 14.8 Å². The average Bonchev–Trinajstić information content (AvgIpc) is 3.45. The van der Waals surface area contributed by atoms with Crippen LogP contribution in [0, 0.1) is 10.1 Å².